The zero-order chi connectivity index (χ0) is 11.5. The van der Waals surface area contributed by atoms with Crippen molar-refractivity contribution >= 4 is 10.8 Å². The first-order chi connectivity index (χ1) is 8.43. The minimum absolute atomic E-state index is 0.814. The fourth-order valence-electron chi connectivity index (χ4n) is 2.88. The molecule has 2 aromatic rings. The number of nitrogens with one attached hydrogen (secondary N) is 1. The molecule has 1 N–H and O–H groups in total. The molecule has 1 fully saturated rings. The van der Waals surface area contributed by atoms with E-state index < -0.39 is 0 Å². The first kappa shape index (κ1) is 10.8. The molecule has 88 valence electrons. The molecule has 1 heteroatoms. The van der Waals surface area contributed by atoms with Crippen LogP contribution in [0.1, 0.15) is 18.4 Å². The summed E-state index contributed by atoms with van der Waals surface area (Å²) in [7, 11) is 0. The average Bonchev–Trinajstić information content (AvgIpc) is 2.40. The van der Waals surface area contributed by atoms with Gasteiger partial charge in [-0.1, -0.05) is 42.5 Å². The maximum Gasteiger partial charge on any atom is -0.00173 e. The molecule has 0 aromatic heterocycles. The van der Waals surface area contributed by atoms with Crippen LogP contribution in [0, 0.1) is 5.92 Å². The molecule has 1 aliphatic heterocycles. The first-order valence-electron chi connectivity index (χ1n) is 6.61. The molecular weight excluding hydrogens is 206 g/mol. The summed E-state index contributed by atoms with van der Waals surface area (Å²) in [6, 6.07) is 15.4. The highest BCUT2D eigenvalue weighted by molar-refractivity contribution is 5.85. The summed E-state index contributed by atoms with van der Waals surface area (Å²) < 4.78 is 0. The molecule has 1 nitrogen and oxygen atoms in total. The van der Waals surface area contributed by atoms with E-state index in [0.29, 0.717) is 0 Å². The van der Waals surface area contributed by atoms with E-state index >= 15 is 0 Å². The Morgan fingerprint density at radius 2 is 1.94 bits per heavy atom. The molecule has 0 saturated carbocycles. The summed E-state index contributed by atoms with van der Waals surface area (Å²) in [5.74, 6) is 0.814. The third kappa shape index (κ3) is 2.34. The molecule has 0 radical (unpaired) electrons. The van der Waals surface area contributed by atoms with Crippen molar-refractivity contribution < 1.29 is 0 Å². The van der Waals surface area contributed by atoms with Gasteiger partial charge in [-0.25, -0.2) is 0 Å². The highest BCUT2D eigenvalue weighted by atomic mass is 14.9. The summed E-state index contributed by atoms with van der Waals surface area (Å²) in [5, 5.41) is 6.30. The molecular formula is C16H19N. The second-order valence-corrected chi connectivity index (χ2v) is 5.05. The zero-order valence-corrected chi connectivity index (χ0v) is 10.2. The third-order valence-corrected chi connectivity index (χ3v) is 3.79. The predicted octanol–water partition coefficient (Wildman–Crippen LogP) is 3.38. The minimum Gasteiger partial charge on any atom is -0.316 e. The second-order valence-electron chi connectivity index (χ2n) is 5.05. The van der Waals surface area contributed by atoms with E-state index in [0.717, 1.165) is 5.92 Å². The van der Waals surface area contributed by atoms with Crippen molar-refractivity contribution in [2.24, 2.45) is 5.92 Å². The SMILES string of the molecule is c1ccc2c(CC3CCCNC3)cccc2c1. The summed E-state index contributed by atoms with van der Waals surface area (Å²) in [4.78, 5) is 0. The van der Waals surface area contributed by atoms with Gasteiger partial charge in [-0.3, -0.25) is 0 Å². The molecule has 1 unspecified atom stereocenters. The predicted molar refractivity (Wildman–Crippen MR) is 73.2 cm³/mol. The normalized spacial score (nSPS) is 20.6. The standard InChI is InChI=1S/C16H19N/c1-2-9-16-14(6-1)7-3-8-15(16)11-13-5-4-10-17-12-13/h1-3,6-9,13,17H,4-5,10-12H2. The summed E-state index contributed by atoms with van der Waals surface area (Å²) in [6.45, 7) is 2.38. The molecule has 1 atom stereocenters. The maximum absolute atomic E-state index is 3.50. The quantitative estimate of drug-likeness (QED) is 0.826. The lowest BCUT2D eigenvalue weighted by Gasteiger charge is -2.23. The Balaban J connectivity index is 1.89. The van der Waals surface area contributed by atoms with Gasteiger partial charge in [0, 0.05) is 0 Å². The topological polar surface area (TPSA) is 12.0 Å². The van der Waals surface area contributed by atoms with E-state index in [-0.39, 0.29) is 0 Å². The fourth-order valence-corrected chi connectivity index (χ4v) is 2.88. The Kier molecular flexibility index (Phi) is 3.10. The van der Waals surface area contributed by atoms with Crippen LogP contribution in [-0.2, 0) is 6.42 Å². The van der Waals surface area contributed by atoms with E-state index in [9.17, 15) is 0 Å². The zero-order valence-electron chi connectivity index (χ0n) is 10.2. The average molecular weight is 225 g/mol. The van der Waals surface area contributed by atoms with Crippen LogP contribution in [0.5, 0.6) is 0 Å². The summed E-state index contributed by atoms with van der Waals surface area (Å²) in [5.41, 5.74) is 1.51. The maximum atomic E-state index is 3.50. The van der Waals surface area contributed by atoms with E-state index in [1.165, 1.54) is 48.7 Å². The van der Waals surface area contributed by atoms with Gasteiger partial charge in [0.1, 0.15) is 0 Å². The van der Waals surface area contributed by atoms with Crippen molar-refractivity contribution in [2.45, 2.75) is 19.3 Å². The van der Waals surface area contributed by atoms with Gasteiger partial charge in [-0.15, -0.1) is 0 Å². The van der Waals surface area contributed by atoms with Crippen LogP contribution in [-0.4, -0.2) is 13.1 Å². The van der Waals surface area contributed by atoms with Crippen LogP contribution < -0.4 is 5.32 Å². The van der Waals surface area contributed by atoms with Crippen molar-refractivity contribution in [3.8, 4) is 0 Å². The Morgan fingerprint density at radius 1 is 1.06 bits per heavy atom. The van der Waals surface area contributed by atoms with E-state index in [4.69, 9.17) is 0 Å². The molecule has 1 saturated heterocycles. The number of fused-ring (bicyclic) bond motifs is 1. The van der Waals surface area contributed by atoms with E-state index in [1.807, 2.05) is 0 Å². The van der Waals surface area contributed by atoms with Crippen LogP contribution in [0.15, 0.2) is 42.5 Å². The highest BCUT2D eigenvalue weighted by Gasteiger charge is 2.14. The number of rotatable bonds is 2. The molecule has 1 heterocycles. The number of hydrogen-bond acceptors (Lipinski definition) is 1. The lowest BCUT2D eigenvalue weighted by atomic mass is 9.90. The van der Waals surface area contributed by atoms with Gasteiger partial charge in [-0.05, 0) is 54.6 Å². The Morgan fingerprint density at radius 3 is 2.82 bits per heavy atom. The smallest absolute Gasteiger partial charge is 0.00173 e. The number of hydrogen-bond donors (Lipinski definition) is 1. The van der Waals surface area contributed by atoms with E-state index in [1.54, 1.807) is 0 Å². The Hall–Kier alpha value is -1.34. The van der Waals surface area contributed by atoms with Crippen molar-refractivity contribution in [3.05, 3.63) is 48.0 Å². The molecule has 0 spiro atoms. The van der Waals surface area contributed by atoms with Gasteiger partial charge < -0.3 is 5.32 Å². The van der Waals surface area contributed by atoms with Gasteiger partial charge in [0.25, 0.3) is 0 Å². The van der Waals surface area contributed by atoms with Crippen molar-refractivity contribution in [1.82, 2.24) is 5.32 Å². The third-order valence-electron chi connectivity index (χ3n) is 3.79. The Labute approximate surface area is 103 Å². The number of piperidine rings is 1. The van der Waals surface area contributed by atoms with Gasteiger partial charge >= 0.3 is 0 Å². The lowest BCUT2D eigenvalue weighted by molar-refractivity contribution is 0.377. The lowest BCUT2D eigenvalue weighted by Crippen LogP contribution is -2.30. The van der Waals surface area contributed by atoms with Crippen LogP contribution in [0.4, 0.5) is 0 Å². The summed E-state index contributed by atoms with van der Waals surface area (Å²) in [6.07, 6.45) is 3.92. The molecule has 3 rings (SSSR count). The van der Waals surface area contributed by atoms with Gasteiger partial charge in [0.05, 0.1) is 0 Å². The monoisotopic (exact) mass is 225 g/mol. The molecule has 0 amide bonds. The number of benzene rings is 2. The molecule has 2 aromatic carbocycles. The van der Waals surface area contributed by atoms with Gasteiger partial charge in [0.2, 0.25) is 0 Å². The molecule has 0 bridgehead atoms. The van der Waals surface area contributed by atoms with E-state index in [2.05, 4.69) is 47.8 Å². The minimum atomic E-state index is 0.814. The molecule has 17 heavy (non-hydrogen) atoms. The van der Waals surface area contributed by atoms with Crippen molar-refractivity contribution in [2.75, 3.05) is 13.1 Å². The van der Waals surface area contributed by atoms with Crippen LogP contribution in [0.25, 0.3) is 10.8 Å². The van der Waals surface area contributed by atoms with Crippen LogP contribution in [0.3, 0.4) is 0 Å². The molecule has 0 aliphatic carbocycles. The highest BCUT2D eigenvalue weighted by Crippen LogP contribution is 2.23. The fraction of sp³-hybridized carbons (Fsp3) is 0.375. The largest absolute Gasteiger partial charge is 0.316 e. The van der Waals surface area contributed by atoms with Crippen molar-refractivity contribution in [1.29, 1.82) is 0 Å². The van der Waals surface area contributed by atoms with Crippen LogP contribution in [0.2, 0.25) is 0 Å². The summed E-state index contributed by atoms with van der Waals surface area (Å²) >= 11 is 0. The van der Waals surface area contributed by atoms with Gasteiger partial charge in [0.15, 0.2) is 0 Å². The van der Waals surface area contributed by atoms with Gasteiger partial charge in [-0.2, -0.15) is 0 Å². The van der Waals surface area contributed by atoms with Crippen molar-refractivity contribution in [3.63, 3.8) is 0 Å². The Bertz CT molecular complexity index is 492. The van der Waals surface area contributed by atoms with Crippen LogP contribution >= 0.6 is 0 Å². The molecule has 1 aliphatic rings. The first-order valence-corrected chi connectivity index (χ1v) is 6.61. The second kappa shape index (κ2) is 4.89.